The maximum Gasteiger partial charge on any atom is 0.255 e. The van der Waals surface area contributed by atoms with Crippen molar-refractivity contribution in [2.75, 3.05) is 31.7 Å². The number of ether oxygens (including phenoxy) is 1. The van der Waals surface area contributed by atoms with Gasteiger partial charge in [0.15, 0.2) is 5.78 Å². The molecule has 34 heavy (non-hydrogen) atoms. The maximum atomic E-state index is 14.4. The lowest BCUT2D eigenvalue weighted by molar-refractivity contribution is -0.124. The van der Waals surface area contributed by atoms with Gasteiger partial charge in [-0.05, 0) is 43.2 Å². The van der Waals surface area contributed by atoms with Crippen LogP contribution in [-0.2, 0) is 9.53 Å². The molecule has 4 rings (SSSR count). The molecule has 2 atom stereocenters. The Bertz CT molecular complexity index is 1200. The second-order valence-electron chi connectivity index (χ2n) is 8.33. The van der Waals surface area contributed by atoms with Crippen molar-refractivity contribution in [3.8, 4) is 0 Å². The van der Waals surface area contributed by atoms with Crippen molar-refractivity contribution >= 4 is 22.9 Å². The number of Topliss-reactive ketones (excluding diaryl/α,β-unsaturated/α-hetero) is 1. The number of nitrogens with zero attached hydrogens (tertiary/aromatic N) is 3. The quantitative estimate of drug-likeness (QED) is 0.497. The molecule has 2 N–H and O–H groups in total. The van der Waals surface area contributed by atoms with Gasteiger partial charge in [-0.1, -0.05) is 0 Å². The van der Waals surface area contributed by atoms with Gasteiger partial charge in [0.1, 0.15) is 18.2 Å². The number of aliphatic hydroxyl groups excluding tert-OH is 1. The first-order valence-electron chi connectivity index (χ1n) is 11.0. The molecule has 1 aliphatic heterocycles. The zero-order chi connectivity index (χ0) is 24.2. The van der Waals surface area contributed by atoms with E-state index in [-0.39, 0.29) is 31.4 Å². The number of benzene rings is 1. The molecule has 2 unspecified atom stereocenters. The van der Waals surface area contributed by atoms with E-state index in [9.17, 15) is 23.5 Å². The van der Waals surface area contributed by atoms with Gasteiger partial charge >= 0.3 is 0 Å². The first kappa shape index (κ1) is 23.8. The van der Waals surface area contributed by atoms with Crippen LogP contribution in [0, 0.1) is 11.6 Å². The van der Waals surface area contributed by atoms with Gasteiger partial charge in [0.2, 0.25) is 0 Å². The monoisotopic (exact) mass is 472 g/mol. The first-order chi connectivity index (χ1) is 16.4. The van der Waals surface area contributed by atoms with Gasteiger partial charge in [-0.25, -0.2) is 13.3 Å². The fraction of sp³-hybridized carbons (Fsp3) is 0.375. The molecule has 1 aromatic carbocycles. The summed E-state index contributed by atoms with van der Waals surface area (Å²) in [6.45, 7) is 0.464. The summed E-state index contributed by atoms with van der Waals surface area (Å²) in [5.74, 6) is -1.65. The zero-order valence-corrected chi connectivity index (χ0v) is 18.7. The van der Waals surface area contributed by atoms with Gasteiger partial charge in [0.05, 0.1) is 29.4 Å². The number of hydrogen-bond donors (Lipinski definition) is 2. The highest BCUT2D eigenvalue weighted by molar-refractivity contribution is 6.01. The van der Waals surface area contributed by atoms with Crippen LogP contribution in [0.2, 0.25) is 0 Å². The molecule has 10 heteroatoms. The van der Waals surface area contributed by atoms with Crippen molar-refractivity contribution in [1.82, 2.24) is 14.9 Å². The molecule has 0 saturated carbocycles. The highest BCUT2D eigenvalue weighted by atomic mass is 19.1. The van der Waals surface area contributed by atoms with Gasteiger partial charge in [0, 0.05) is 44.1 Å². The zero-order valence-electron chi connectivity index (χ0n) is 18.7. The van der Waals surface area contributed by atoms with E-state index in [0.29, 0.717) is 29.6 Å². The summed E-state index contributed by atoms with van der Waals surface area (Å²) < 4.78 is 34.5. The average Bonchev–Trinajstić information content (AvgIpc) is 3.46. The van der Waals surface area contributed by atoms with Gasteiger partial charge in [0.25, 0.3) is 5.91 Å². The third-order valence-electron chi connectivity index (χ3n) is 5.92. The van der Waals surface area contributed by atoms with Crippen molar-refractivity contribution in [3.63, 3.8) is 0 Å². The second-order valence-corrected chi connectivity index (χ2v) is 8.33. The molecule has 180 valence electrons. The van der Waals surface area contributed by atoms with E-state index in [4.69, 9.17) is 4.74 Å². The summed E-state index contributed by atoms with van der Waals surface area (Å²) in [5.41, 5.74) is 1.90. The van der Waals surface area contributed by atoms with Crippen LogP contribution in [0.25, 0.3) is 5.52 Å². The molecule has 1 amide bonds. The number of hydrogen-bond acceptors (Lipinski definition) is 6. The topological polar surface area (TPSA) is 96.2 Å². The molecule has 8 nitrogen and oxygen atoms in total. The smallest absolute Gasteiger partial charge is 0.255 e. The number of halogens is 2. The Morgan fingerprint density at radius 3 is 2.91 bits per heavy atom. The fourth-order valence-electron chi connectivity index (χ4n) is 4.35. The van der Waals surface area contributed by atoms with Crippen LogP contribution >= 0.6 is 0 Å². The Labute approximate surface area is 195 Å². The summed E-state index contributed by atoms with van der Waals surface area (Å²) in [4.78, 5) is 26.3. The lowest BCUT2D eigenvalue weighted by atomic mass is 10.0. The third-order valence-corrected chi connectivity index (χ3v) is 5.92. The van der Waals surface area contributed by atoms with Crippen molar-refractivity contribution < 1.29 is 28.2 Å². The molecule has 2 aromatic heterocycles. The average molecular weight is 472 g/mol. The number of rotatable bonds is 9. The van der Waals surface area contributed by atoms with Crippen LogP contribution in [0.4, 0.5) is 14.5 Å². The minimum absolute atomic E-state index is 0.0984. The van der Waals surface area contributed by atoms with E-state index < -0.39 is 23.6 Å². The Hall–Kier alpha value is -3.37. The highest BCUT2D eigenvalue weighted by Gasteiger charge is 2.29. The van der Waals surface area contributed by atoms with E-state index in [1.54, 1.807) is 16.8 Å². The summed E-state index contributed by atoms with van der Waals surface area (Å²) in [6, 6.07) is 6.76. The predicted molar refractivity (Wildman–Crippen MR) is 121 cm³/mol. The number of amides is 1. The Morgan fingerprint density at radius 1 is 1.29 bits per heavy atom. The number of carbonyl (C=O) groups is 2. The largest absolute Gasteiger partial charge is 0.391 e. The minimum Gasteiger partial charge on any atom is -0.391 e. The van der Waals surface area contributed by atoms with Crippen LogP contribution in [0.3, 0.4) is 0 Å². The van der Waals surface area contributed by atoms with Gasteiger partial charge < -0.3 is 20.1 Å². The van der Waals surface area contributed by atoms with Crippen molar-refractivity contribution in [2.24, 2.45) is 0 Å². The van der Waals surface area contributed by atoms with Crippen molar-refractivity contribution in [2.45, 2.75) is 31.4 Å². The molecular formula is C24H26F2N4O4. The first-order valence-corrected chi connectivity index (χ1v) is 11.0. The number of carbonyl (C=O) groups excluding carboxylic acids is 2. The van der Waals surface area contributed by atoms with E-state index in [0.717, 1.165) is 24.2 Å². The molecule has 1 aliphatic rings. The number of fused-ring (bicyclic) bond motifs is 1. The molecule has 0 radical (unpaired) electrons. The SMILES string of the molecule is COCC(=O)CC(O)CNC(=O)c1cnn2ccc(N3CCCC3c3cc(F)ccc3F)cc12. The minimum atomic E-state index is -1.03. The lowest BCUT2D eigenvalue weighted by Crippen LogP contribution is -2.33. The standard InChI is InChI=1S/C24H26F2N4O4/c1-34-14-18(32)11-17(31)12-27-24(33)20-13-28-30-8-6-16(10-23(20)30)29-7-2-3-22(29)19-9-15(25)4-5-21(19)26/h4-6,8-10,13,17,22,31H,2-3,7,11-12,14H2,1H3,(H,27,33). The molecule has 1 fully saturated rings. The number of aliphatic hydroxyl groups is 1. The van der Waals surface area contributed by atoms with Gasteiger partial charge in [-0.15, -0.1) is 0 Å². The number of anilines is 1. The van der Waals surface area contributed by atoms with Crippen LogP contribution in [0.5, 0.6) is 0 Å². The molecule has 1 saturated heterocycles. The van der Waals surface area contributed by atoms with E-state index in [1.807, 2.05) is 11.0 Å². The normalized spacial score (nSPS) is 16.7. The number of pyridine rings is 1. The summed E-state index contributed by atoms with van der Waals surface area (Å²) in [5, 5.41) is 16.8. The summed E-state index contributed by atoms with van der Waals surface area (Å²) in [6.07, 6.45) is 3.47. The molecule has 3 aromatic rings. The lowest BCUT2D eigenvalue weighted by Gasteiger charge is -2.27. The van der Waals surface area contributed by atoms with Crippen LogP contribution < -0.4 is 10.2 Å². The highest BCUT2D eigenvalue weighted by Crippen LogP contribution is 2.38. The molecule has 0 bridgehead atoms. The van der Waals surface area contributed by atoms with E-state index in [1.165, 1.54) is 19.4 Å². The molecular weight excluding hydrogens is 446 g/mol. The molecule has 0 aliphatic carbocycles. The third kappa shape index (κ3) is 5.07. The van der Waals surface area contributed by atoms with Crippen molar-refractivity contribution in [1.29, 1.82) is 0 Å². The van der Waals surface area contributed by atoms with E-state index >= 15 is 0 Å². The van der Waals surface area contributed by atoms with Crippen molar-refractivity contribution in [3.05, 3.63) is 65.5 Å². The van der Waals surface area contributed by atoms with Gasteiger partial charge in [-0.3, -0.25) is 9.59 Å². The number of methoxy groups -OCH3 is 1. The molecule has 3 heterocycles. The predicted octanol–water partition coefficient (Wildman–Crippen LogP) is 2.65. The molecule has 0 spiro atoms. The Balaban J connectivity index is 1.52. The van der Waals surface area contributed by atoms with Gasteiger partial charge in [-0.2, -0.15) is 5.10 Å². The Kier molecular flexibility index (Phi) is 7.18. The second kappa shape index (κ2) is 10.3. The maximum absolute atomic E-state index is 14.4. The summed E-state index contributed by atoms with van der Waals surface area (Å²) >= 11 is 0. The number of ketones is 1. The van der Waals surface area contributed by atoms with E-state index in [2.05, 4.69) is 10.4 Å². The fourth-order valence-corrected chi connectivity index (χ4v) is 4.35. The van der Waals surface area contributed by atoms with Crippen LogP contribution in [0.15, 0.2) is 42.7 Å². The summed E-state index contributed by atoms with van der Waals surface area (Å²) in [7, 11) is 1.39. The van der Waals surface area contributed by atoms with Crippen LogP contribution in [-0.4, -0.2) is 59.3 Å². The number of nitrogens with one attached hydrogen (secondary N) is 1. The Morgan fingerprint density at radius 2 is 2.12 bits per heavy atom. The van der Waals surface area contributed by atoms with Crippen LogP contribution in [0.1, 0.15) is 41.2 Å². The number of aromatic nitrogens is 2.